The summed E-state index contributed by atoms with van der Waals surface area (Å²) >= 11 is 2.47. The molecule has 0 aliphatic heterocycles. The Morgan fingerprint density at radius 3 is 2.71 bits per heavy atom. The van der Waals surface area contributed by atoms with Crippen molar-refractivity contribution in [3.05, 3.63) is 44.6 Å². The molecule has 2 heterocycles. The van der Waals surface area contributed by atoms with Crippen LogP contribution in [0, 0.1) is 20.8 Å². The van der Waals surface area contributed by atoms with Crippen LogP contribution >= 0.6 is 23.1 Å². The van der Waals surface area contributed by atoms with Crippen molar-refractivity contribution in [3.8, 4) is 11.1 Å². The Bertz CT molecular complexity index is 1000. The molecule has 3 rings (SSSR count). The van der Waals surface area contributed by atoms with Gasteiger partial charge < -0.3 is 10.1 Å². The quantitative estimate of drug-likeness (QED) is 0.547. The summed E-state index contributed by atoms with van der Waals surface area (Å²) in [5.74, 6) is -1.08. The predicted molar refractivity (Wildman–Crippen MR) is 98.2 cm³/mol. The third-order valence-corrected chi connectivity index (χ3v) is 5.70. The first-order valence-corrected chi connectivity index (χ1v) is 9.12. The summed E-state index contributed by atoms with van der Waals surface area (Å²) < 4.78 is 0. The zero-order valence-electron chi connectivity index (χ0n) is 13.5. The highest BCUT2D eigenvalue weighted by Crippen LogP contribution is 2.36. The number of nitrogens with one attached hydrogen (secondary N) is 1. The van der Waals surface area contributed by atoms with Crippen molar-refractivity contribution in [2.24, 2.45) is 0 Å². The largest absolute Gasteiger partial charge is 0.481 e. The summed E-state index contributed by atoms with van der Waals surface area (Å²) in [7, 11) is 0. The number of H-pyrrole nitrogens is 1. The van der Waals surface area contributed by atoms with Crippen LogP contribution in [0.2, 0.25) is 0 Å². The number of aromatic nitrogens is 2. The smallest absolute Gasteiger partial charge is 0.313 e. The van der Waals surface area contributed by atoms with Gasteiger partial charge in [0.2, 0.25) is 0 Å². The minimum Gasteiger partial charge on any atom is -0.481 e. The lowest BCUT2D eigenvalue weighted by Crippen LogP contribution is -2.10. The first kappa shape index (κ1) is 16.7. The molecule has 0 unspecified atom stereocenters. The van der Waals surface area contributed by atoms with Gasteiger partial charge in [0.25, 0.3) is 5.56 Å². The van der Waals surface area contributed by atoms with Crippen LogP contribution in [-0.4, -0.2) is 26.8 Å². The number of aromatic amines is 1. The van der Waals surface area contributed by atoms with Crippen LogP contribution in [0.1, 0.15) is 16.0 Å². The highest BCUT2D eigenvalue weighted by molar-refractivity contribution is 7.99. The topological polar surface area (TPSA) is 83.0 Å². The van der Waals surface area contributed by atoms with Crippen LogP contribution in [0.25, 0.3) is 21.3 Å². The van der Waals surface area contributed by atoms with Crippen LogP contribution < -0.4 is 5.56 Å². The van der Waals surface area contributed by atoms with Crippen molar-refractivity contribution in [1.82, 2.24) is 9.97 Å². The number of carbonyl (C=O) groups is 1. The van der Waals surface area contributed by atoms with Crippen LogP contribution in [0.3, 0.4) is 0 Å². The molecular weight excluding hydrogens is 344 g/mol. The number of aliphatic carboxylic acids is 1. The van der Waals surface area contributed by atoms with Crippen molar-refractivity contribution in [2.45, 2.75) is 25.9 Å². The molecule has 0 saturated heterocycles. The van der Waals surface area contributed by atoms with Crippen molar-refractivity contribution < 1.29 is 9.90 Å². The van der Waals surface area contributed by atoms with E-state index in [9.17, 15) is 9.59 Å². The maximum atomic E-state index is 12.6. The van der Waals surface area contributed by atoms with Crippen LogP contribution in [0.5, 0.6) is 0 Å². The second kappa shape index (κ2) is 6.41. The van der Waals surface area contributed by atoms with Crippen molar-refractivity contribution in [1.29, 1.82) is 0 Å². The molecule has 24 heavy (non-hydrogen) atoms. The summed E-state index contributed by atoms with van der Waals surface area (Å²) in [6.45, 7) is 6.07. The number of benzene rings is 1. The fraction of sp³-hybridized carbons (Fsp3) is 0.235. The van der Waals surface area contributed by atoms with Gasteiger partial charge in [0, 0.05) is 10.4 Å². The lowest BCUT2D eigenvalue weighted by atomic mass is 9.99. The summed E-state index contributed by atoms with van der Waals surface area (Å²) in [6, 6.07) is 6.14. The second-order valence-corrected chi connectivity index (χ2v) is 7.73. The molecule has 0 aliphatic carbocycles. The van der Waals surface area contributed by atoms with E-state index in [1.807, 2.05) is 26.0 Å². The van der Waals surface area contributed by atoms with E-state index >= 15 is 0 Å². The van der Waals surface area contributed by atoms with E-state index in [0.29, 0.717) is 15.4 Å². The Morgan fingerprint density at radius 1 is 1.29 bits per heavy atom. The molecule has 124 valence electrons. The lowest BCUT2D eigenvalue weighted by molar-refractivity contribution is -0.133. The molecule has 0 bridgehead atoms. The molecular formula is C17H16N2O3S2. The van der Waals surface area contributed by atoms with Crippen LogP contribution in [0.15, 0.2) is 28.2 Å². The molecule has 7 heteroatoms. The summed E-state index contributed by atoms with van der Waals surface area (Å²) in [6.07, 6.45) is 0. The van der Waals surface area contributed by atoms with Crippen molar-refractivity contribution in [3.63, 3.8) is 0 Å². The van der Waals surface area contributed by atoms with E-state index < -0.39 is 5.97 Å². The van der Waals surface area contributed by atoms with E-state index in [1.165, 1.54) is 22.5 Å². The molecule has 0 fully saturated rings. The molecule has 0 saturated carbocycles. The average molecular weight is 360 g/mol. The Hall–Kier alpha value is -2.12. The van der Waals surface area contributed by atoms with Crippen molar-refractivity contribution in [2.75, 3.05) is 5.75 Å². The minimum atomic E-state index is -0.944. The Balaban J connectivity index is 2.16. The number of aryl methyl sites for hydroxylation is 3. The van der Waals surface area contributed by atoms with Gasteiger partial charge in [-0.1, -0.05) is 30.0 Å². The van der Waals surface area contributed by atoms with Gasteiger partial charge in [0.15, 0.2) is 5.16 Å². The van der Waals surface area contributed by atoms with E-state index in [0.717, 1.165) is 27.8 Å². The summed E-state index contributed by atoms with van der Waals surface area (Å²) in [4.78, 5) is 32.0. The lowest BCUT2D eigenvalue weighted by Gasteiger charge is -2.06. The van der Waals surface area contributed by atoms with Gasteiger partial charge in [-0.05, 0) is 37.5 Å². The van der Waals surface area contributed by atoms with E-state index in [4.69, 9.17) is 5.11 Å². The highest BCUT2D eigenvalue weighted by Gasteiger charge is 2.17. The van der Waals surface area contributed by atoms with E-state index in [1.54, 1.807) is 0 Å². The molecule has 2 aromatic heterocycles. The SMILES string of the molecule is Cc1ccc(-c2c(C)sc3nc(SCC(=O)O)[nH]c(=O)c23)cc1C. The normalized spacial score (nSPS) is 11.1. The molecule has 0 atom stereocenters. The first-order valence-electron chi connectivity index (χ1n) is 7.32. The molecule has 2 N–H and O–H groups in total. The number of fused-ring (bicyclic) bond motifs is 1. The van der Waals surface area contributed by atoms with Gasteiger partial charge in [0.05, 0.1) is 11.1 Å². The van der Waals surface area contributed by atoms with Gasteiger partial charge in [-0.25, -0.2) is 4.98 Å². The Labute approximate surface area is 146 Å². The average Bonchev–Trinajstić information content (AvgIpc) is 2.84. The maximum Gasteiger partial charge on any atom is 0.313 e. The molecule has 1 aromatic carbocycles. The number of carboxylic acids is 1. The molecule has 0 spiro atoms. The molecule has 0 aliphatic rings. The fourth-order valence-corrected chi connectivity index (χ4v) is 4.23. The number of thiophene rings is 1. The summed E-state index contributed by atoms with van der Waals surface area (Å²) in [5.41, 5.74) is 4.05. The Morgan fingerprint density at radius 2 is 2.04 bits per heavy atom. The maximum absolute atomic E-state index is 12.6. The number of rotatable bonds is 4. The van der Waals surface area contributed by atoms with Crippen LogP contribution in [-0.2, 0) is 4.79 Å². The van der Waals surface area contributed by atoms with Gasteiger partial charge in [-0.15, -0.1) is 11.3 Å². The van der Waals surface area contributed by atoms with Gasteiger partial charge >= 0.3 is 5.97 Å². The van der Waals surface area contributed by atoms with Crippen molar-refractivity contribution >= 4 is 39.3 Å². The number of carboxylic acid groups (broad SMARTS) is 1. The minimum absolute atomic E-state index is 0.136. The molecule has 5 nitrogen and oxygen atoms in total. The molecule has 0 amide bonds. The molecule has 3 aromatic rings. The number of hydrogen-bond donors (Lipinski definition) is 2. The van der Waals surface area contributed by atoms with Gasteiger partial charge in [-0.3, -0.25) is 9.59 Å². The second-order valence-electron chi connectivity index (χ2n) is 5.57. The number of hydrogen-bond acceptors (Lipinski definition) is 5. The Kier molecular flexibility index (Phi) is 4.47. The van der Waals surface area contributed by atoms with Gasteiger partial charge in [0.1, 0.15) is 4.83 Å². The van der Waals surface area contributed by atoms with Crippen LogP contribution in [0.4, 0.5) is 0 Å². The predicted octanol–water partition coefficient (Wildman–Crippen LogP) is 3.75. The number of nitrogens with zero attached hydrogens (tertiary/aromatic N) is 1. The van der Waals surface area contributed by atoms with Gasteiger partial charge in [-0.2, -0.15) is 0 Å². The molecule has 0 radical (unpaired) electrons. The van der Waals surface area contributed by atoms with E-state index in [-0.39, 0.29) is 11.3 Å². The van der Waals surface area contributed by atoms with E-state index in [2.05, 4.69) is 23.0 Å². The zero-order valence-corrected chi connectivity index (χ0v) is 15.1. The fourth-order valence-electron chi connectivity index (χ4n) is 2.54. The zero-order chi connectivity index (χ0) is 17.4. The third kappa shape index (κ3) is 3.09. The number of thioether (sulfide) groups is 1. The first-order chi connectivity index (χ1) is 11.4. The summed E-state index contributed by atoms with van der Waals surface area (Å²) in [5, 5.41) is 9.67. The standard InChI is InChI=1S/C17H16N2O3S2/c1-8-4-5-11(6-9(8)2)13-10(3)24-16-14(13)15(22)18-17(19-16)23-7-12(20)21/h4-6H,7H2,1-3H3,(H,20,21)(H,18,19,22). The third-order valence-electron chi connectivity index (χ3n) is 3.84. The highest BCUT2D eigenvalue weighted by atomic mass is 32.2. The monoisotopic (exact) mass is 360 g/mol.